The van der Waals surface area contributed by atoms with Crippen LogP contribution in [0.25, 0.3) is 11.4 Å². The highest BCUT2D eigenvalue weighted by atomic mass is 32.2. The molecule has 4 bridgehead atoms. The fourth-order valence-corrected chi connectivity index (χ4v) is 7.48. The molecule has 6 rings (SSSR count). The van der Waals surface area contributed by atoms with E-state index in [1.165, 1.54) is 50.3 Å². The van der Waals surface area contributed by atoms with E-state index in [1.54, 1.807) is 12.4 Å². The van der Waals surface area contributed by atoms with Gasteiger partial charge in [0.1, 0.15) is 0 Å². The lowest BCUT2D eigenvalue weighted by atomic mass is 9.48. The third kappa shape index (κ3) is 3.66. The number of thioether (sulfide) groups is 1. The van der Waals surface area contributed by atoms with E-state index in [0.717, 1.165) is 40.8 Å². The Labute approximate surface area is 182 Å². The van der Waals surface area contributed by atoms with Crippen LogP contribution in [0.15, 0.2) is 29.7 Å². The van der Waals surface area contributed by atoms with Gasteiger partial charge in [0.05, 0.1) is 5.75 Å². The number of carbonyl (C=O) groups excluding carboxylic acids is 1. The molecule has 0 saturated heterocycles. The van der Waals surface area contributed by atoms with Crippen LogP contribution in [0.5, 0.6) is 0 Å². The third-order valence-electron chi connectivity index (χ3n) is 7.69. The lowest BCUT2D eigenvalue weighted by Crippen LogP contribution is -2.56. The van der Waals surface area contributed by atoms with Crippen molar-refractivity contribution in [2.24, 2.45) is 23.2 Å². The van der Waals surface area contributed by atoms with Crippen molar-refractivity contribution < 1.29 is 4.79 Å². The number of amides is 1. The van der Waals surface area contributed by atoms with Gasteiger partial charge in [-0.3, -0.25) is 9.78 Å². The molecule has 1 atom stereocenters. The van der Waals surface area contributed by atoms with Crippen LogP contribution >= 0.6 is 11.8 Å². The van der Waals surface area contributed by atoms with Crippen molar-refractivity contribution in [3.63, 3.8) is 0 Å². The maximum atomic E-state index is 12.8. The first-order chi connectivity index (χ1) is 14.6. The fourth-order valence-electron chi connectivity index (χ4n) is 6.67. The minimum Gasteiger partial charge on any atom is -0.352 e. The smallest absolute Gasteiger partial charge is 0.230 e. The van der Waals surface area contributed by atoms with Crippen LogP contribution in [0, 0.1) is 23.2 Å². The number of aromatic nitrogens is 4. The van der Waals surface area contributed by atoms with Gasteiger partial charge in [0.2, 0.25) is 5.91 Å². The summed E-state index contributed by atoms with van der Waals surface area (Å²) in [5.74, 6) is 4.02. The van der Waals surface area contributed by atoms with E-state index in [1.807, 2.05) is 12.1 Å². The van der Waals surface area contributed by atoms with Crippen molar-refractivity contribution in [2.45, 2.75) is 70.1 Å². The molecule has 30 heavy (non-hydrogen) atoms. The Kier molecular flexibility index (Phi) is 5.33. The second kappa shape index (κ2) is 7.98. The highest BCUT2D eigenvalue weighted by Gasteiger charge is 2.53. The summed E-state index contributed by atoms with van der Waals surface area (Å²) in [6.07, 6.45) is 11.8. The van der Waals surface area contributed by atoms with Crippen molar-refractivity contribution >= 4 is 17.7 Å². The molecule has 0 aliphatic heterocycles. The summed E-state index contributed by atoms with van der Waals surface area (Å²) in [6, 6.07) is 4.13. The number of hydrogen-bond acceptors (Lipinski definition) is 5. The predicted molar refractivity (Wildman–Crippen MR) is 118 cm³/mol. The molecule has 4 fully saturated rings. The van der Waals surface area contributed by atoms with E-state index in [-0.39, 0.29) is 11.9 Å². The summed E-state index contributed by atoms with van der Waals surface area (Å²) in [6.45, 7) is 5.08. The molecular formula is C23H31N5OS. The molecule has 0 unspecified atom stereocenters. The first kappa shape index (κ1) is 20.0. The molecule has 7 heteroatoms. The van der Waals surface area contributed by atoms with E-state index in [0.29, 0.717) is 11.2 Å². The minimum atomic E-state index is 0.111. The summed E-state index contributed by atoms with van der Waals surface area (Å²) in [5.41, 5.74) is 1.33. The Balaban J connectivity index is 1.21. The summed E-state index contributed by atoms with van der Waals surface area (Å²) < 4.78 is 2.07. The van der Waals surface area contributed by atoms with E-state index in [9.17, 15) is 4.79 Å². The number of nitrogens with one attached hydrogen (secondary N) is 1. The van der Waals surface area contributed by atoms with Gasteiger partial charge in [0.25, 0.3) is 0 Å². The second-order valence-corrected chi connectivity index (χ2v) is 10.6. The first-order valence-electron chi connectivity index (χ1n) is 11.3. The fraction of sp³-hybridized carbons (Fsp3) is 0.652. The molecule has 1 N–H and O–H groups in total. The summed E-state index contributed by atoms with van der Waals surface area (Å²) in [7, 11) is 0. The average Bonchev–Trinajstić information content (AvgIpc) is 3.15. The van der Waals surface area contributed by atoms with E-state index < -0.39 is 0 Å². The van der Waals surface area contributed by atoms with E-state index in [2.05, 4.69) is 38.9 Å². The maximum Gasteiger partial charge on any atom is 0.230 e. The van der Waals surface area contributed by atoms with Crippen molar-refractivity contribution in [1.82, 2.24) is 25.1 Å². The monoisotopic (exact) mass is 425 g/mol. The molecule has 4 aliphatic carbocycles. The average molecular weight is 426 g/mol. The molecule has 2 aromatic heterocycles. The number of rotatable bonds is 7. The Morgan fingerprint density at radius 2 is 1.80 bits per heavy atom. The molecular weight excluding hydrogens is 394 g/mol. The van der Waals surface area contributed by atoms with Crippen LogP contribution in [0.2, 0.25) is 0 Å². The van der Waals surface area contributed by atoms with Crippen LogP contribution < -0.4 is 5.32 Å². The maximum absolute atomic E-state index is 12.8. The quantitative estimate of drug-likeness (QED) is 0.674. The molecule has 0 radical (unpaired) electrons. The van der Waals surface area contributed by atoms with Gasteiger partial charge in [0.15, 0.2) is 11.0 Å². The largest absolute Gasteiger partial charge is 0.352 e. The second-order valence-electron chi connectivity index (χ2n) is 9.64. The summed E-state index contributed by atoms with van der Waals surface area (Å²) in [5, 5.41) is 12.9. The molecule has 2 heterocycles. The number of nitrogens with zero attached hydrogens (tertiary/aromatic N) is 4. The molecule has 4 saturated carbocycles. The minimum absolute atomic E-state index is 0.111. The lowest BCUT2D eigenvalue weighted by molar-refractivity contribution is -0.123. The zero-order valence-electron chi connectivity index (χ0n) is 17.9. The molecule has 0 spiro atoms. The molecule has 1 amide bonds. The Hall–Kier alpha value is -1.89. The van der Waals surface area contributed by atoms with Gasteiger partial charge < -0.3 is 9.88 Å². The van der Waals surface area contributed by atoms with Gasteiger partial charge in [-0.25, -0.2) is 0 Å². The van der Waals surface area contributed by atoms with Crippen LogP contribution in [0.4, 0.5) is 0 Å². The standard InChI is InChI=1S/C23H31N5OS/c1-3-28-21(19-4-6-24-7-5-19)26-27-22(28)30-14-20(29)25-15(2)23-11-16-8-17(12-23)10-18(9-16)13-23/h4-7,15-18H,3,8-14H2,1-2H3,(H,25,29)/t15-,16?,17?,18?,23?/m0/s1. The summed E-state index contributed by atoms with van der Waals surface area (Å²) in [4.78, 5) is 16.9. The van der Waals surface area contributed by atoms with Crippen LogP contribution in [-0.2, 0) is 11.3 Å². The van der Waals surface area contributed by atoms with E-state index >= 15 is 0 Å². The van der Waals surface area contributed by atoms with Crippen molar-refractivity contribution in [3.8, 4) is 11.4 Å². The Bertz CT molecular complexity index is 876. The first-order valence-corrected chi connectivity index (χ1v) is 12.3. The normalized spacial score (nSPS) is 30.4. The van der Waals surface area contributed by atoms with Crippen molar-refractivity contribution in [2.75, 3.05) is 5.75 Å². The molecule has 0 aromatic carbocycles. The van der Waals surface area contributed by atoms with Crippen LogP contribution in [0.3, 0.4) is 0 Å². The van der Waals surface area contributed by atoms with Crippen LogP contribution in [-0.4, -0.2) is 37.5 Å². The molecule has 4 aliphatic rings. The van der Waals surface area contributed by atoms with Crippen LogP contribution in [0.1, 0.15) is 52.4 Å². The van der Waals surface area contributed by atoms with Gasteiger partial charge >= 0.3 is 0 Å². The zero-order chi connectivity index (χ0) is 20.7. The van der Waals surface area contributed by atoms with E-state index in [4.69, 9.17) is 0 Å². The number of pyridine rings is 1. The van der Waals surface area contributed by atoms with Gasteiger partial charge in [-0.05, 0) is 87.7 Å². The predicted octanol–water partition coefficient (Wildman–Crippen LogP) is 4.17. The third-order valence-corrected chi connectivity index (χ3v) is 8.65. The van der Waals surface area contributed by atoms with Gasteiger partial charge in [-0.2, -0.15) is 0 Å². The topological polar surface area (TPSA) is 72.7 Å². The Morgan fingerprint density at radius 3 is 2.40 bits per heavy atom. The number of carbonyl (C=O) groups is 1. The molecule has 6 nitrogen and oxygen atoms in total. The van der Waals surface area contributed by atoms with Gasteiger partial charge in [0, 0.05) is 30.5 Å². The molecule has 160 valence electrons. The summed E-state index contributed by atoms with van der Waals surface area (Å²) >= 11 is 1.48. The highest BCUT2D eigenvalue weighted by Crippen LogP contribution is 2.61. The van der Waals surface area contributed by atoms with Crippen molar-refractivity contribution in [1.29, 1.82) is 0 Å². The highest BCUT2D eigenvalue weighted by molar-refractivity contribution is 7.99. The SMILES string of the molecule is CCn1c(SCC(=O)N[C@@H](C)C23CC4CC(CC(C4)C2)C3)nnc1-c1ccncc1. The lowest BCUT2D eigenvalue weighted by Gasteiger charge is -2.59. The number of hydrogen-bond donors (Lipinski definition) is 1. The van der Waals surface area contributed by atoms with Crippen molar-refractivity contribution in [3.05, 3.63) is 24.5 Å². The molecule has 2 aromatic rings. The zero-order valence-corrected chi connectivity index (χ0v) is 18.7. The van der Waals surface area contributed by atoms with Gasteiger partial charge in [-0.1, -0.05) is 11.8 Å². The Morgan fingerprint density at radius 1 is 1.17 bits per heavy atom. The van der Waals surface area contributed by atoms with Gasteiger partial charge in [-0.15, -0.1) is 10.2 Å².